The number of hydrogen-bond acceptors (Lipinski definition) is 4. The molecule has 0 aliphatic heterocycles. The molecule has 24 heavy (non-hydrogen) atoms. The Balaban J connectivity index is 2.33. The lowest BCUT2D eigenvalue weighted by molar-refractivity contribution is 0.0526. The maximum absolute atomic E-state index is 11.8. The van der Waals surface area contributed by atoms with Crippen molar-refractivity contribution >= 4 is 23.3 Å². The molecule has 126 valence electrons. The number of halogens is 1. The van der Waals surface area contributed by atoms with Crippen LogP contribution in [-0.2, 0) is 4.74 Å². The predicted octanol–water partition coefficient (Wildman–Crippen LogP) is 4.29. The third kappa shape index (κ3) is 3.87. The van der Waals surface area contributed by atoms with E-state index in [1.807, 2.05) is 13.8 Å². The minimum atomic E-state index is -0.531. The highest BCUT2D eigenvalue weighted by Crippen LogP contribution is 2.32. The molecular formula is C17H18ClN3O3. The first-order chi connectivity index (χ1) is 11.5. The maximum Gasteiger partial charge on any atom is 0.342 e. The van der Waals surface area contributed by atoms with Gasteiger partial charge in [0.05, 0.1) is 31.7 Å². The number of carbonyl (C=O) groups excluding carboxylic acids is 1. The zero-order chi connectivity index (χ0) is 17.7. The van der Waals surface area contributed by atoms with E-state index in [1.165, 1.54) is 10.9 Å². The van der Waals surface area contributed by atoms with Crippen LogP contribution in [-0.4, -0.2) is 29.0 Å². The van der Waals surface area contributed by atoms with Crippen LogP contribution in [0.2, 0.25) is 5.15 Å². The van der Waals surface area contributed by atoms with Crippen molar-refractivity contribution in [1.29, 1.82) is 0 Å². The fourth-order valence-corrected chi connectivity index (χ4v) is 2.23. The number of esters is 1. The van der Waals surface area contributed by atoms with Crippen LogP contribution in [0.5, 0.6) is 5.75 Å². The van der Waals surface area contributed by atoms with Gasteiger partial charge in [-0.1, -0.05) is 25.4 Å². The molecule has 1 aromatic heterocycles. The van der Waals surface area contributed by atoms with Crippen LogP contribution in [0, 0.1) is 12.5 Å². The summed E-state index contributed by atoms with van der Waals surface area (Å²) < 4.78 is 12.0. The second-order valence-corrected chi connectivity index (χ2v) is 5.81. The first kappa shape index (κ1) is 17.8. The highest BCUT2D eigenvalue weighted by atomic mass is 35.5. The summed E-state index contributed by atoms with van der Waals surface area (Å²) in [6, 6.07) is 5.06. The maximum atomic E-state index is 11.8. The number of rotatable bonds is 6. The Bertz CT molecular complexity index is 778. The summed E-state index contributed by atoms with van der Waals surface area (Å²) in [5, 5.41) is 4.25. The molecule has 1 aromatic carbocycles. The van der Waals surface area contributed by atoms with Gasteiger partial charge in [-0.2, -0.15) is 5.10 Å². The average Bonchev–Trinajstić information content (AvgIpc) is 2.94. The topological polar surface area (TPSA) is 57.7 Å². The van der Waals surface area contributed by atoms with Crippen LogP contribution in [0.25, 0.3) is 10.5 Å². The third-order valence-electron chi connectivity index (χ3n) is 3.09. The lowest BCUT2D eigenvalue weighted by Crippen LogP contribution is -2.05. The molecule has 0 saturated heterocycles. The highest BCUT2D eigenvalue weighted by Gasteiger charge is 2.18. The summed E-state index contributed by atoms with van der Waals surface area (Å²) in [5.74, 6) is 0.336. The second kappa shape index (κ2) is 7.84. The number of ether oxygens (including phenoxy) is 2. The van der Waals surface area contributed by atoms with Gasteiger partial charge in [-0.25, -0.2) is 14.3 Å². The van der Waals surface area contributed by atoms with Crippen LogP contribution in [0.3, 0.4) is 0 Å². The van der Waals surface area contributed by atoms with Crippen LogP contribution in [0.15, 0.2) is 24.4 Å². The minimum absolute atomic E-state index is 0.139. The molecule has 0 atom stereocenters. The molecule has 0 fully saturated rings. The van der Waals surface area contributed by atoms with Gasteiger partial charge in [0.25, 0.3) is 0 Å². The van der Waals surface area contributed by atoms with Crippen molar-refractivity contribution in [3.8, 4) is 11.4 Å². The molecule has 0 N–H and O–H groups in total. The summed E-state index contributed by atoms with van der Waals surface area (Å²) in [6.07, 6.45) is 1.35. The van der Waals surface area contributed by atoms with Crippen LogP contribution >= 0.6 is 11.6 Å². The van der Waals surface area contributed by atoms with Crippen molar-refractivity contribution < 1.29 is 14.3 Å². The predicted molar refractivity (Wildman–Crippen MR) is 91.1 cm³/mol. The van der Waals surface area contributed by atoms with E-state index in [4.69, 9.17) is 27.6 Å². The standard InChI is InChI=1S/C17H18ClN3O3/c1-5-23-17(22)13-9-20-21(16(13)18)12-6-7-15(14(8-12)19-4)24-10-11(2)3/h6-9,11H,5,10H2,1-3H3. The fourth-order valence-electron chi connectivity index (χ4n) is 1.96. The molecule has 0 bridgehead atoms. The van der Waals surface area contributed by atoms with E-state index in [-0.39, 0.29) is 17.3 Å². The molecule has 0 amide bonds. The van der Waals surface area contributed by atoms with E-state index in [1.54, 1.807) is 25.1 Å². The van der Waals surface area contributed by atoms with Gasteiger partial charge in [0, 0.05) is 0 Å². The van der Waals surface area contributed by atoms with Crippen molar-refractivity contribution in [1.82, 2.24) is 9.78 Å². The number of aromatic nitrogens is 2. The summed E-state index contributed by atoms with van der Waals surface area (Å²) in [7, 11) is 0. The van der Waals surface area contributed by atoms with E-state index in [2.05, 4.69) is 9.94 Å². The minimum Gasteiger partial charge on any atom is -0.504 e. The first-order valence-corrected chi connectivity index (χ1v) is 7.91. The van der Waals surface area contributed by atoms with Gasteiger partial charge in [-0.3, -0.25) is 0 Å². The van der Waals surface area contributed by atoms with Crippen molar-refractivity contribution in [3.05, 3.63) is 46.5 Å². The summed E-state index contributed by atoms with van der Waals surface area (Å²) in [5.41, 5.74) is 1.11. The van der Waals surface area contributed by atoms with E-state index in [9.17, 15) is 4.79 Å². The third-order valence-corrected chi connectivity index (χ3v) is 3.45. The zero-order valence-corrected chi connectivity index (χ0v) is 14.5. The van der Waals surface area contributed by atoms with Crippen molar-refractivity contribution in [2.24, 2.45) is 5.92 Å². The Labute approximate surface area is 145 Å². The molecule has 0 spiro atoms. The molecule has 2 rings (SSSR count). The summed E-state index contributed by atoms with van der Waals surface area (Å²) in [4.78, 5) is 15.3. The van der Waals surface area contributed by atoms with Crippen molar-refractivity contribution in [2.75, 3.05) is 13.2 Å². The molecule has 2 aromatic rings. The zero-order valence-electron chi connectivity index (χ0n) is 13.7. The molecule has 0 unspecified atom stereocenters. The van der Waals surface area contributed by atoms with E-state index >= 15 is 0 Å². The van der Waals surface area contributed by atoms with E-state index in [0.717, 1.165) is 0 Å². The van der Waals surface area contributed by atoms with Gasteiger partial charge >= 0.3 is 5.97 Å². The van der Waals surface area contributed by atoms with Gasteiger partial charge in [-0.05, 0) is 31.0 Å². The Morgan fingerprint density at radius 2 is 2.21 bits per heavy atom. The second-order valence-electron chi connectivity index (χ2n) is 5.45. The Hall–Kier alpha value is -2.52. The lowest BCUT2D eigenvalue weighted by Gasteiger charge is -2.12. The quantitative estimate of drug-likeness (QED) is 0.578. The van der Waals surface area contributed by atoms with Gasteiger partial charge in [-0.15, -0.1) is 0 Å². The van der Waals surface area contributed by atoms with Crippen LogP contribution in [0.4, 0.5) is 5.69 Å². The van der Waals surface area contributed by atoms with Crippen molar-refractivity contribution in [3.63, 3.8) is 0 Å². The molecule has 0 radical (unpaired) electrons. The van der Waals surface area contributed by atoms with Gasteiger partial charge in [0.15, 0.2) is 0 Å². The normalized spacial score (nSPS) is 10.5. The number of hydrogen-bond donors (Lipinski definition) is 0. The van der Waals surface area contributed by atoms with E-state index in [0.29, 0.717) is 29.6 Å². The molecule has 7 heteroatoms. The average molecular weight is 348 g/mol. The smallest absolute Gasteiger partial charge is 0.342 e. The monoisotopic (exact) mass is 347 g/mol. The number of carbonyl (C=O) groups is 1. The molecule has 0 saturated carbocycles. The first-order valence-electron chi connectivity index (χ1n) is 7.53. The highest BCUT2D eigenvalue weighted by molar-refractivity contribution is 6.32. The van der Waals surface area contributed by atoms with E-state index < -0.39 is 5.97 Å². The van der Waals surface area contributed by atoms with Gasteiger partial charge in [0.2, 0.25) is 5.69 Å². The SMILES string of the molecule is [C-]#[N+]c1cc(-n2ncc(C(=O)OCC)c2Cl)ccc1OCC(C)C. The largest absolute Gasteiger partial charge is 0.504 e. The molecule has 6 nitrogen and oxygen atoms in total. The summed E-state index contributed by atoms with van der Waals surface area (Å²) in [6.45, 7) is 13.9. The van der Waals surface area contributed by atoms with Gasteiger partial charge < -0.3 is 9.47 Å². The van der Waals surface area contributed by atoms with Crippen LogP contribution < -0.4 is 4.74 Å². The Morgan fingerprint density at radius 1 is 1.46 bits per heavy atom. The van der Waals surface area contributed by atoms with Gasteiger partial charge in [0.1, 0.15) is 16.5 Å². The fraction of sp³-hybridized carbons (Fsp3) is 0.353. The van der Waals surface area contributed by atoms with Crippen LogP contribution in [0.1, 0.15) is 31.1 Å². The Kier molecular flexibility index (Phi) is 5.83. The number of benzene rings is 1. The molecule has 1 heterocycles. The lowest BCUT2D eigenvalue weighted by atomic mass is 10.2. The summed E-state index contributed by atoms with van der Waals surface area (Å²) >= 11 is 6.22. The Morgan fingerprint density at radius 3 is 2.83 bits per heavy atom. The molecule has 0 aliphatic carbocycles. The number of nitrogens with zero attached hydrogens (tertiary/aromatic N) is 3. The van der Waals surface area contributed by atoms with Crippen molar-refractivity contribution in [2.45, 2.75) is 20.8 Å². The molecular weight excluding hydrogens is 330 g/mol. The molecule has 0 aliphatic rings.